The molecule has 1 atom stereocenters. The number of nitrogens with zero attached hydrogens (tertiary/aromatic N) is 1. The van der Waals surface area contributed by atoms with E-state index in [1.807, 2.05) is 18.3 Å². The highest BCUT2D eigenvalue weighted by atomic mass is 79.9. The summed E-state index contributed by atoms with van der Waals surface area (Å²) >= 11 is 8.87. The Morgan fingerprint density at radius 2 is 1.95 bits per heavy atom. The minimum absolute atomic E-state index is 0.0475. The molecule has 1 aromatic heterocycles. The van der Waals surface area contributed by atoms with E-state index in [0.717, 1.165) is 38.0 Å². The fourth-order valence-corrected chi connectivity index (χ4v) is 3.65. The molecule has 1 aliphatic heterocycles. The summed E-state index contributed by atoms with van der Waals surface area (Å²) in [6, 6.07) is 10.3. The maximum atomic E-state index is 5.39. The van der Waals surface area contributed by atoms with E-state index >= 15 is 0 Å². The average Bonchev–Trinajstić information content (AvgIpc) is 2.80. The molecule has 0 radical (unpaired) electrons. The van der Waals surface area contributed by atoms with Crippen molar-refractivity contribution >= 4 is 44.5 Å². The zero-order valence-electron chi connectivity index (χ0n) is 11.6. The Balaban J connectivity index is 1.90. The van der Waals surface area contributed by atoms with E-state index in [9.17, 15) is 0 Å². The van der Waals surface area contributed by atoms with Gasteiger partial charge >= 0.3 is 0 Å². The van der Waals surface area contributed by atoms with Gasteiger partial charge in [0.2, 0.25) is 0 Å². The van der Waals surface area contributed by atoms with Crippen LogP contribution in [0.5, 0.6) is 0 Å². The third kappa shape index (κ3) is 2.01. The van der Waals surface area contributed by atoms with Crippen molar-refractivity contribution in [3.63, 3.8) is 0 Å². The Morgan fingerprint density at radius 3 is 2.73 bits per heavy atom. The van der Waals surface area contributed by atoms with Crippen LogP contribution in [-0.4, -0.2) is 10.1 Å². The Hall–Kier alpha value is -1.98. The number of thiocarbonyl (C=S) groups is 1. The van der Waals surface area contributed by atoms with Crippen molar-refractivity contribution in [2.45, 2.75) is 6.04 Å². The van der Waals surface area contributed by atoms with Crippen LogP contribution in [0.2, 0.25) is 0 Å². The van der Waals surface area contributed by atoms with E-state index in [-0.39, 0.29) is 6.04 Å². The van der Waals surface area contributed by atoms with Crippen LogP contribution >= 0.6 is 28.1 Å². The quantitative estimate of drug-likeness (QED) is 0.749. The number of benzene rings is 1. The van der Waals surface area contributed by atoms with Crippen molar-refractivity contribution in [3.05, 3.63) is 76.0 Å². The lowest BCUT2D eigenvalue weighted by molar-refractivity contribution is 0.739. The summed E-state index contributed by atoms with van der Waals surface area (Å²) in [5.41, 5.74) is 6.57. The van der Waals surface area contributed by atoms with Crippen LogP contribution in [0.3, 0.4) is 0 Å². The van der Waals surface area contributed by atoms with Gasteiger partial charge in [0.25, 0.3) is 0 Å². The van der Waals surface area contributed by atoms with Crippen molar-refractivity contribution in [2.75, 3.05) is 0 Å². The molecule has 5 heteroatoms. The van der Waals surface area contributed by atoms with Gasteiger partial charge < -0.3 is 10.6 Å². The number of nitrogens with one attached hydrogen (secondary N) is 2. The summed E-state index contributed by atoms with van der Waals surface area (Å²) in [5.74, 6) is 0. The maximum absolute atomic E-state index is 5.39. The first kappa shape index (κ1) is 13.7. The maximum Gasteiger partial charge on any atom is 0.171 e. The highest BCUT2D eigenvalue weighted by Crippen LogP contribution is 2.46. The van der Waals surface area contributed by atoms with Gasteiger partial charge in [-0.3, -0.25) is 4.98 Å². The molecule has 1 aromatic carbocycles. The molecule has 0 bridgehead atoms. The van der Waals surface area contributed by atoms with Crippen LogP contribution in [0.1, 0.15) is 22.7 Å². The molecule has 0 spiro atoms. The predicted molar refractivity (Wildman–Crippen MR) is 95.9 cm³/mol. The van der Waals surface area contributed by atoms with Crippen molar-refractivity contribution in [1.29, 1.82) is 0 Å². The van der Waals surface area contributed by atoms with Crippen molar-refractivity contribution < 1.29 is 0 Å². The largest absolute Gasteiger partial charge is 0.351 e. The minimum Gasteiger partial charge on any atom is -0.351 e. The first-order valence-corrected chi connectivity index (χ1v) is 8.06. The van der Waals surface area contributed by atoms with Gasteiger partial charge in [-0.25, -0.2) is 0 Å². The van der Waals surface area contributed by atoms with E-state index in [1.165, 1.54) is 0 Å². The van der Waals surface area contributed by atoms with Crippen LogP contribution in [0.15, 0.2) is 59.4 Å². The first-order valence-electron chi connectivity index (χ1n) is 6.86. The van der Waals surface area contributed by atoms with Crippen molar-refractivity contribution in [3.8, 4) is 0 Å². The van der Waals surface area contributed by atoms with Crippen LogP contribution in [0.25, 0.3) is 11.3 Å². The van der Waals surface area contributed by atoms with E-state index in [2.05, 4.69) is 56.3 Å². The normalized spacial score (nSPS) is 19.4. The number of pyridine rings is 1. The topological polar surface area (TPSA) is 37.0 Å². The molecular formula is C17H12BrN3S. The fourth-order valence-electron chi connectivity index (χ4n) is 3.05. The van der Waals surface area contributed by atoms with Gasteiger partial charge in [0, 0.05) is 28.0 Å². The number of halogens is 1. The lowest BCUT2D eigenvalue weighted by atomic mass is 9.93. The summed E-state index contributed by atoms with van der Waals surface area (Å²) in [7, 11) is 0. The van der Waals surface area contributed by atoms with Crippen LogP contribution in [-0.2, 0) is 0 Å². The van der Waals surface area contributed by atoms with Gasteiger partial charge in [-0.05, 0) is 50.9 Å². The molecule has 2 aliphatic rings. The lowest BCUT2D eigenvalue weighted by Gasteiger charge is -2.29. The van der Waals surface area contributed by atoms with Gasteiger partial charge in [0.15, 0.2) is 5.11 Å². The molecule has 1 aliphatic carbocycles. The summed E-state index contributed by atoms with van der Waals surface area (Å²) in [6.45, 7) is 4.29. The summed E-state index contributed by atoms with van der Waals surface area (Å²) in [5, 5.41) is 7.24. The van der Waals surface area contributed by atoms with Gasteiger partial charge in [-0.2, -0.15) is 0 Å². The molecule has 2 N–H and O–H groups in total. The lowest BCUT2D eigenvalue weighted by Crippen LogP contribution is -2.42. The van der Waals surface area contributed by atoms with E-state index in [4.69, 9.17) is 12.2 Å². The molecule has 108 valence electrons. The smallest absolute Gasteiger partial charge is 0.171 e. The highest BCUT2D eigenvalue weighted by molar-refractivity contribution is 9.10. The van der Waals surface area contributed by atoms with E-state index in [0.29, 0.717) is 5.11 Å². The number of fused-ring (bicyclic) bond motifs is 2. The van der Waals surface area contributed by atoms with Gasteiger partial charge in [0.1, 0.15) is 0 Å². The fraction of sp³-hybridized carbons (Fsp3) is 0.0588. The molecule has 0 saturated heterocycles. The second-order valence-electron chi connectivity index (χ2n) is 5.28. The Morgan fingerprint density at radius 1 is 1.18 bits per heavy atom. The SMILES string of the molecule is C=C1C2=C(NC(=S)NC2c2cncc(Br)c2)c2ccccc21. The van der Waals surface area contributed by atoms with Crippen LogP contribution in [0.4, 0.5) is 0 Å². The Bertz CT molecular complexity index is 856. The third-order valence-corrected chi connectivity index (χ3v) is 4.63. The average molecular weight is 370 g/mol. The summed E-state index contributed by atoms with van der Waals surface area (Å²) in [6.07, 6.45) is 3.63. The Kier molecular flexibility index (Phi) is 3.13. The molecule has 2 aromatic rings. The predicted octanol–water partition coefficient (Wildman–Crippen LogP) is 3.80. The van der Waals surface area contributed by atoms with Crippen LogP contribution < -0.4 is 10.6 Å². The molecule has 3 nitrogen and oxygen atoms in total. The van der Waals surface area contributed by atoms with Crippen molar-refractivity contribution in [2.24, 2.45) is 0 Å². The molecule has 2 heterocycles. The van der Waals surface area contributed by atoms with Gasteiger partial charge in [-0.1, -0.05) is 30.8 Å². The standard InChI is InChI=1S/C17H12BrN3S/c1-9-12-4-2-3-5-13(12)16-14(9)15(20-17(22)21-16)10-6-11(18)8-19-7-10/h2-8,15H,1H2,(H2,20,21,22). The number of hydrogen-bond acceptors (Lipinski definition) is 2. The molecule has 0 amide bonds. The second kappa shape index (κ2) is 5.04. The number of aromatic nitrogens is 1. The molecule has 1 unspecified atom stereocenters. The Labute approximate surface area is 142 Å². The molecular weight excluding hydrogens is 358 g/mol. The second-order valence-corrected chi connectivity index (χ2v) is 6.60. The van der Waals surface area contributed by atoms with Crippen LogP contribution in [0, 0.1) is 0 Å². The van der Waals surface area contributed by atoms with E-state index in [1.54, 1.807) is 6.20 Å². The number of rotatable bonds is 1. The monoisotopic (exact) mass is 369 g/mol. The zero-order chi connectivity index (χ0) is 15.3. The van der Waals surface area contributed by atoms with Crippen molar-refractivity contribution in [1.82, 2.24) is 15.6 Å². The zero-order valence-corrected chi connectivity index (χ0v) is 14.0. The summed E-state index contributed by atoms with van der Waals surface area (Å²) in [4.78, 5) is 4.27. The highest BCUT2D eigenvalue weighted by Gasteiger charge is 2.35. The van der Waals surface area contributed by atoms with E-state index < -0.39 is 0 Å². The molecule has 0 saturated carbocycles. The molecule has 22 heavy (non-hydrogen) atoms. The first-order chi connectivity index (χ1) is 10.6. The summed E-state index contributed by atoms with van der Waals surface area (Å²) < 4.78 is 0.944. The molecule has 0 fully saturated rings. The van der Waals surface area contributed by atoms with Gasteiger partial charge in [-0.15, -0.1) is 0 Å². The number of hydrogen-bond donors (Lipinski definition) is 2. The van der Waals surface area contributed by atoms with Gasteiger partial charge in [0.05, 0.1) is 11.7 Å². The third-order valence-electron chi connectivity index (χ3n) is 3.98. The minimum atomic E-state index is -0.0475. The molecule has 4 rings (SSSR count).